The summed E-state index contributed by atoms with van der Waals surface area (Å²) in [5.41, 5.74) is 3.84. The highest BCUT2D eigenvalue weighted by Gasteiger charge is 2.17. The minimum atomic E-state index is 0.734. The summed E-state index contributed by atoms with van der Waals surface area (Å²) >= 11 is 7.08. The number of halogens is 1. The molecule has 0 aliphatic carbocycles. The van der Waals surface area contributed by atoms with Crippen molar-refractivity contribution in [3.8, 4) is 11.1 Å². The van der Waals surface area contributed by atoms with Crippen LogP contribution in [0.15, 0.2) is 108 Å². The quantitative estimate of drug-likeness (QED) is 0.237. The molecule has 0 N–H and O–H groups in total. The Labute approximate surface area is 189 Å². The van der Waals surface area contributed by atoms with Gasteiger partial charge in [-0.15, -0.1) is 0 Å². The van der Waals surface area contributed by atoms with E-state index in [0.29, 0.717) is 0 Å². The molecule has 0 saturated heterocycles. The van der Waals surface area contributed by atoms with Crippen molar-refractivity contribution in [2.75, 3.05) is 0 Å². The topological polar surface area (TPSA) is 13.1 Å². The molecule has 0 amide bonds. The Morgan fingerprint density at radius 3 is 2.12 bits per heavy atom. The summed E-state index contributed by atoms with van der Waals surface area (Å²) in [7, 11) is 0. The summed E-state index contributed by atoms with van der Waals surface area (Å²) in [5.74, 6) is 0. The van der Waals surface area contributed by atoms with Gasteiger partial charge in [0.2, 0.25) is 0 Å². The zero-order chi connectivity index (χ0) is 21.2. The summed E-state index contributed by atoms with van der Waals surface area (Å²) in [6.45, 7) is 0. The van der Waals surface area contributed by atoms with Crippen molar-refractivity contribution in [1.82, 2.24) is 0 Å². The van der Waals surface area contributed by atoms with Crippen LogP contribution in [0.5, 0.6) is 0 Å². The fraction of sp³-hybridized carbons (Fsp3) is 0. The van der Waals surface area contributed by atoms with Gasteiger partial charge in [-0.25, -0.2) is 0 Å². The molecule has 0 spiro atoms. The van der Waals surface area contributed by atoms with Crippen LogP contribution < -0.4 is 0 Å². The van der Waals surface area contributed by atoms with Crippen molar-refractivity contribution in [2.24, 2.45) is 0 Å². The highest BCUT2D eigenvalue weighted by molar-refractivity contribution is 6.41. The van der Waals surface area contributed by atoms with Crippen molar-refractivity contribution in [2.45, 2.75) is 0 Å². The fourth-order valence-corrected chi connectivity index (χ4v) is 5.44. The largest absolute Gasteiger partial charge is 0.456 e. The van der Waals surface area contributed by atoms with Crippen LogP contribution in [0.4, 0.5) is 0 Å². The van der Waals surface area contributed by atoms with Crippen LogP contribution in [0.1, 0.15) is 0 Å². The lowest BCUT2D eigenvalue weighted by Gasteiger charge is -2.13. The van der Waals surface area contributed by atoms with Crippen LogP contribution in [0, 0.1) is 0 Å². The number of rotatable bonds is 1. The van der Waals surface area contributed by atoms with Gasteiger partial charge < -0.3 is 4.42 Å². The highest BCUT2D eigenvalue weighted by atomic mass is 35.5. The van der Waals surface area contributed by atoms with E-state index in [4.69, 9.17) is 16.0 Å². The molecule has 2 heteroatoms. The van der Waals surface area contributed by atoms with Gasteiger partial charge in [0.25, 0.3) is 0 Å². The van der Waals surface area contributed by atoms with Crippen LogP contribution in [0.3, 0.4) is 0 Å². The molecule has 0 aliphatic heterocycles. The maximum atomic E-state index is 7.08. The van der Waals surface area contributed by atoms with E-state index in [0.717, 1.165) is 38.1 Å². The minimum absolute atomic E-state index is 0.734. The van der Waals surface area contributed by atoms with Gasteiger partial charge in [-0.05, 0) is 56.1 Å². The Kier molecular flexibility index (Phi) is 3.67. The van der Waals surface area contributed by atoms with Gasteiger partial charge >= 0.3 is 0 Å². The molecule has 0 bridgehead atoms. The number of para-hydroxylation sites is 1. The Balaban J connectivity index is 1.62. The van der Waals surface area contributed by atoms with Gasteiger partial charge in [0, 0.05) is 16.3 Å². The van der Waals surface area contributed by atoms with Gasteiger partial charge in [-0.2, -0.15) is 0 Å². The summed E-state index contributed by atoms with van der Waals surface area (Å²) in [5, 5.41) is 10.2. The van der Waals surface area contributed by atoms with Crippen molar-refractivity contribution >= 4 is 65.9 Å². The van der Waals surface area contributed by atoms with E-state index in [1.54, 1.807) is 0 Å². The number of furan rings is 1. The van der Waals surface area contributed by atoms with E-state index in [2.05, 4.69) is 78.9 Å². The van der Waals surface area contributed by atoms with Crippen LogP contribution in [0.2, 0.25) is 5.02 Å². The first-order chi connectivity index (χ1) is 15.8. The van der Waals surface area contributed by atoms with E-state index in [1.165, 1.54) is 32.3 Å². The molecule has 0 unspecified atom stereocenters. The number of benzene rings is 6. The van der Waals surface area contributed by atoms with E-state index in [9.17, 15) is 0 Å². The standard InChI is InChI=1S/C30H17ClO/c31-30-24(16-17-27-29(30)25-9-3-4-11-26(25)32-27)22-10-5-7-19-13-14-21-20-8-2-1-6-18(20)12-15-23(21)28(19)22/h1-17H. The van der Waals surface area contributed by atoms with E-state index in [1.807, 2.05) is 24.3 Å². The Hall–Kier alpha value is -3.81. The normalized spacial score (nSPS) is 11.9. The molecule has 1 nitrogen and oxygen atoms in total. The molecule has 7 aromatic rings. The van der Waals surface area contributed by atoms with Crippen LogP contribution in [0.25, 0.3) is 65.4 Å². The predicted octanol–water partition coefficient (Wildman–Crippen LogP) is 9.37. The predicted molar refractivity (Wildman–Crippen MR) is 137 cm³/mol. The monoisotopic (exact) mass is 428 g/mol. The first-order valence-electron chi connectivity index (χ1n) is 10.7. The lowest BCUT2D eigenvalue weighted by Crippen LogP contribution is -1.86. The van der Waals surface area contributed by atoms with Gasteiger partial charge in [0.05, 0.1) is 5.02 Å². The van der Waals surface area contributed by atoms with E-state index < -0.39 is 0 Å². The second kappa shape index (κ2) is 6.59. The third-order valence-corrected chi connectivity index (χ3v) is 6.93. The molecular weight excluding hydrogens is 412 g/mol. The molecule has 6 aromatic carbocycles. The molecule has 1 heterocycles. The number of fused-ring (bicyclic) bond motifs is 8. The first kappa shape index (κ1) is 17.8. The number of hydrogen-bond donors (Lipinski definition) is 0. The van der Waals surface area contributed by atoms with Gasteiger partial charge in [0.1, 0.15) is 11.2 Å². The first-order valence-corrected chi connectivity index (χ1v) is 11.1. The van der Waals surface area contributed by atoms with E-state index >= 15 is 0 Å². The van der Waals surface area contributed by atoms with Gasteiger partial charge in [0.15, 0.2) is 0 Å². The summed E-state index contributed by atoms with van der Waals surface area (Å²) in [4.78, 5) is 0. The molecule has 1 aromatic heterocycles. The average molecular weight is 429 g/mol. The molecular formula is C30H17ClO. The van der Waals surface area contributed by atoms with Gasteiger partial charge in [-0.3, -0.25) is 0 Å². The minimum Gasteiger partial charge on any atom is -0.456 e. The number of hydrogen-bond acceptors (Lipinski definition) is 1. The van der Waals surface area contributed by atoms with Crippen molar-refractivity contribution in [3.05, 3.63) is 108 Å². The molecule has 7 rings (SSSR count). The maximum Gasteiger partial charge on any atom is 0.136 e. The molecule has 0 atom stereocenters. The SMILES string of the molecule is Clc1c(-c2cccc3ccc4c5ccccc5ccc4c23)ccc2oc3ccccc3c12. The summed E-state index contributed by atoms with van der Waals surface area (Å²) in [6, 6.07) is 36.1. The average Bonchev–Trinajstić information content (AvgIpc) is 3.23. The third-order valence-electron chi connectivity index (χ3n) is 6.54. The second-order valence-corrected chi connectivity index (χ2v) is 8.63. The highest BCUT2D eigenvalue weighted by Crippen LogP contribution is 2.43. The van der Waals surface area contributed by atoms with Gasteiger partial charge in [-0.1, -0.05) is 96.5 Å². The van der Waals surface area contributed by atoms with Crippen LogP contribution in [-0.4, -0.2) is 0 Å². The maximum absolute atomic E-state index is 7.08. The lowest BCUT2D eigenvalue weighted by molar-refractivity contribution is 0.669. The smallest absolute Gasteiger partial charge is 0.136 e. The summed E-state index contributed by atoms with van der Waals surface area (Å²) in [6.07, 6.45) is 0. The zero-order valence-corrected chi connectivity index (χ0v) is 17.9. The fourth-order valence-electron chi connectivity index (χ4n) is 5.08. The van der Waals surface area contributed by atoms with E-state index in [-0.39, 0.29) is 0 Å². The van der Waals surface area contributed by atoms with Crippen LogP contribution in [-0.2, 0) is 0 Å². The third kappa shape index (κ3) is 2.40. The molecule has 0 fully saturated rings. The second-order valence-electron chi connectivity index (χ2n) is 8.25. The Morgan fingerprint density at radius 2 is 1.19 bits per heavy atom. The molecule has 150 valence electrons. The molecule has 32 heavy (non-hydrogen) atoms. The van der Waals surface area contributed by atoms with Crippen molar-refractivity contribution in [1.29, 1.82) is 0 Å². The molecule has 0 radical (unpaired) electrons. The Bertz CT molecular complexity index is 1840. The molecule has 0 aliphatic rings. The lowest BCUT2D eigenvalue weighted by atomic mass is 9.91. The summed E-state index contributed by atoms with van der Waals surface area (Å²) < 4.78 is 6.05. The zero-order valence-electron chi connectivity index (χ0n) is 17.1. The van der Waals surface area contributed by atoms with Crippen LogP contribution >= 0.6 is 11.6 Å². The Morgan fingerprint density at radius 1 is 0.438 bits per heavy atom. The van der Waals surface area contributed by atoms with Crippen molar-refractivity contribution in [3.63, 3.8) is 0 Å². The molecule has 0 saturated carbocycles. The van der Waals surface area contributed by atoms with Crippen molar-refractivity contribution < 1.29 is 4.42 Å².